The third-order valence-electron chi connectivity index (χ3n) is 4.38. The molecule has 29 heavy (non-hydrogen) atoms. The van der Waals surface area contributed by atoms with Gasteiger partial charge >= 0.3 is 0 Å². The number of hydrogen-bond acceptors (Lipinski definition) is 3. The first-order valence-corrected chi connectivity index (χ1v) is 9.97. The number of guanidine groups is 1. The molecule has 0 unspecified atom stereocenters. The van der Waals surface area contributed by atoms with Gasteiger partial charge in [-0.2, -0.15) is 0 Å². The fourth-order valence-electron chi connectivity index (χ4n) is 2.57. The van der Waals surface area contributed by atoms with E-state index in [9.17, 15) is 4.79 Å². The van der Waals surface area contributed by atoms with Crippen LogP contribution in [0.2, 0.25) is 5.02 Å². The molecular formula is C22H29ClN4O2. The van der Waals surface area contributed by atoms with Crippen molar-refractivity contribution in [1.82, 2.24) is 10.6 Å². The average molecular weight is 417 g/mol. The number of benzene rings is 2. The molecule has 0 bridgehead atoms. The summed E-state index contributed by atoms with van der Waals surface area (Å²) in [5.74, 6) is 1.43. The number of rotatable bonds is 8. The van der Waals surface area contributed by atoms with Crippen LogP contribution in [0.15, 0.2) is 47.5 Å². The Labute approximate surface area is 177 Å². The van der Waals surface area contributed by atoms with Crippen LogP contribution >= 0.6 is 11.6 Å². The van der Waals surface area contributed by atoms with Gasteiger partial charge in [0.2, 0.25) is 5.91 Å². The van der Waals surface area contributed by atoms with Crippen LogP contribution in [0.3, 0.4) is 0 Å². The second-order valence-corrected chi connectivity index (χ2v) is 7.31. The number of methoxy groups -OCH3 is 1. The van der Waals surface area contributed by atoms with E-state index in [1.54, 1.807) is 14.2 Å². The molecule has 0 fully saturated rings. The van der Waals surface area contributed by atoms with E-state index >= 15 is 0 Å². The van der Waals surface area contributed by atoms with Crippen molar-refractivity contribution in [2.45, 2.75) is 26.8 Å². The molecule has 0 saturated carbocycles. The monoisotopic (exact) mass is 416 g/mol. The summed E-state index contributed by atoms with van der Waals surface area (Å²) in [5.41, 5.74) is 2.94. The standard InChI is InChI=1S/C22H29ClN4O2/c1-15(2)21(28)27-18-8-5-16(6-9-18)14-26-22(24-3)25-12-11-17-7-10-19(29-4)13-20(17)23/h5-10,13,15H,11-12,14H2,1-4H3,(H,27,28)(H2,24,25,26). The van der Waals surface area contributed by atoms with Gasteiger partial charge in [-0.05, 0) is 41.8 Å². The molecule has 0 aliphatic carbocycles. The Morgan fingerprint density at radius 2 is 1.86 bits per heavy atom. The number of carbonyl (C=O) groups excluding carboxylic acids is 1. The molecule has 0 saturated heterocycles. The predicted octanol–water partition coefficient (Wildman–Crippen LogP) is 3.85. The topological polar surface area (TPSA) is 74.8 Å². The lowest BCUT2D eigenvalue weighted by Crippen LogP contribution is -2.37. The first-order valence-electron chi connectivity index (χ1n) is 9.59. The van der Waals surface area contributed by atoms with Gasteiger partial charge in [-0.1, -0.05) is 43.6 Å². The molecule has 7 heteroatoms. The first kappa shape index (κ1) is 22.6. The van der Waals surface area contributed by atoms with Gasteiger partial charge in [-0.3, -0.25) is 9.79 Å². The molecule has 2 rings (SSSR count). The fourth-order valence-corrected chi connectivity index (χ4v) is 2.84. The highest BCUT2D eigenvalue weighted by molar-refractivity contribution is 6.31. The van der Waals surface area contributed by atoms with E-state index in [1.165, 1.54) is 0 Å². The Morgan fingerprint density at radius 1 is 1.14 bits per heavy atom. The molecule has 3 N–H and O–H groups in total. The Balaban J connectivity index is 1.79. The van der Waals surface area contributed by atoms with E-state index in [1.807, 2.05) is 56.3 Å². The number of aliphatic imine (C=N–C) groups is 1. The first-order chi connectivity index (χ1) is 13.9. The summed E-state index contributed by atoms with van der Waals surface area (Å²) in [6, 6.07) is 13.5. The second kappa shape index (κ2) is 11.3. The van der Waals surface area contributed by atoms with E-state index < -0.39 is 0 Å². The maximum absolute atomic E-state index is 11.7. The highest BCUT2D eigenvalue weighted by Gasteiger charge is 2.07. The van der Waals surface area contributed by atoms with Gasteiger partial charge in [0, 0.05) is 36.8 Å². The number of ether oxygens (including phenoxy) is 1. The summed E-state index contributed by atoms with van der Waals surface area (Å²) in [4.78, 5) is 16.0. The van der Waals surface area contributed by atoms with Crippen molar-refractivity contribution in [2.24, 2.45) is 10.9 Å². The van der Waals surface area contributed by atoms with Crippen LogP contribution in [0.4, 0.5) is 5.69 Å². The van der Waals surface area contributed by atoms with Crippen LogP contribution in [0.1, 0.15) is 25.0 Å². The summed E-state index contributed by atoms with van der Waals surface area (Å²) in [6.45, 7) is 5.07. The zero-order chi connectivity index (χ0) is 21.2. The summed E-state index contributed by atoms with van der Waals surface area (Å²) in [6.07, 6.45) is 0.772. The van der Waals surface area contributed by atoms with Crippen molar-refractivity contribution in [2.75, 3.05) is 26.0 Å². The molecular weight excluding hydrogens is 388 g/mol. The summed E-state index contributed by atoms with van der Waals surface area (Å²) in [7, 11) is 3.36. The van der Waals surface area contributed by atoms with Crippen LogP contribution in [0, 0.1) is 5.92 Å². The molecule has 0 radical (unpaired) electrons. The zero-order valence-electron chi connectivity index (χ0n) is 17.4. The Bertz CT molecular complexity index is 835. The van der Waals surface area contributed by atoms with Crippen LogP contribution in [-0.4, -0.2) is 32.6 Å². The summed E-state index contributed by atoms with van der Waals surface area (Å²) >= 11 is 6.28. The van der Waals surface area contributed by atoms with Crippen LogP contribution in [-0.2, 0) is 17.8 Å². The van der Waals surface area contributed by atoms with E-state index in [4.69, 9.17) is 16.3 Å². The number of halogens is 1. The zero-order valence-corrected chi connectivity index (χ0v) is 18.1. The molecule has 2 aromatic rings. The van der Waals surface area contributed by atoms with Crippen molar-refractivity contribution < 1.29 is 9.53 Å². The molecule has 0 heterocycles. The van der Waals surface area contributed by atoms with E-state index in [-0.39, 0.29) is 11.8 Å². The van der Waals surface area contributed by atoms with Crippen molar-refractivity contribution in [3.63, 3.8) is 0 Å². The average Bonchev–Trinajstić information content (AvgIpc) is 2.72. The van der Waals surface area contributed by atoms with Gasteiger partial charge in [0.15, 0.2) is 5.96 Å². The number of anilines is 1. The Morgan fingerprint density at radius 3 is 2.45 bits per heavy atom. The largest absolute Gasteiger partial charge is 0.497 e. The number of nitrogens with one attached hydrogen (secondary N) is 3. The number of nitrogens with zero attached hydrogens (tertiary/aromatic N) is 1. The minimum atomic E-state index is -0.0430. The van der Waals surface area contributed by atoms with E-state index in [0.717, 1.165) is 29.0 Å². The third-order valence-corrected chi connectivity index (χ3v) is 4.73. The fraction of sp³-hybridized carbons (Fsp3) is 0.364. The van der Waals surface area contributed by atoms with Gasteiger partial charge in [-0.25, -0.2) is 0 Å². The van der Waals surface area contributed by atoms with Gasteiger partial charge in [0.1, 0.15) is 5.75 Å². The highest BCUT2D eigenvalue weighted by atomic mass is 35.5. The molecule has 0 spiro atoms. The molecule has 0 aliphatic heterocycles. The summed E-state index contributed by atoms with van der Waals surface area (Å²) < 4.78 is 5.17. The lowest BCUT2D eigenvalue weighted by atomic mass is 10.1. The normalized spacial score (nSPS) is 11.3. The second-order valence-electron chi connectivity index (χ2n) is 6.90. The Hall–Kier alpha value is -2.73. The number of hydrogen-bond donors (Lipinski definition) is 3. The van der Waals surface area contributed by atoms with Crippen molar-refractivity contribution in [1.29, 1.82) is 0 Å². The number of amides is 1. The minimum Gasteiger partial charge on any atom is -0.497 e. The lowest BCUT2D eigenvalue weighted by molar-refractivity contribution is -0.118. The molecule has 156 valence electrons. The van der Waals surface area contributed by atoms with Crippen LogP contribution in [0.5, 0.6) is 5.75 Å². The van der Waals surface area contributed by atoms with Crippen molar-refractivity contribution in [3.8, 4) is 5.75 Å². The van der Waals surface area contributed by atoms with Gasteiger partial charge in [-0.15, -0.1) is 0 Å². The molecule has 6 nitrogen and oxygen atoms in total. The molecule has 0 atom stereocenters. The maximum atomic E-state index is 11.7. The van der Waals surface area contributed by atoms with E-state index in [2.05, 4.69) is 20.9 Å². The maximum Gasteiger partial charge on any atom is 0.226 e. The smallest absolute Gasteiger partial charge is 0.226 e. The molecule has 2 aromatic carbocycles. The predicted molar refractivity (Wildman–Crippen MR) is 120 cm³/mol. The molecule has 0 aliphatic rings. The number of carbonyl (C=O) groups is 1. The third kappa shape index (κ3) is 7.31. The minimum absolute atomic E-state index is 0.0115. The lowest BCUT2D eigenvalue weighted by Gasteiger charge is -2.13. The highest BCUT2D eigenvalue weighted by Crippen LogP contribution is 2.22. The summed E-state index contributed by atoms with van der Waals surface area (Å²) in [5, 5.41) is 10.1. The van der Waals surface area contributed by atoms with E-state index in [0.29, 0.717) is 24.1 Å². The molecule has 0 aromatic heterocycles. The molecule has 1 amide bonds. The van der Waals surface area contributed by atoms with Crippen LogP contribution < -0.4 is 20.7 Å². The SMILES string of the molecule is CN=C(NCCc1ccc(OC)cc1Cl)NCc1ccc(NC(=O)C(C)C)cc1. The van der Waals surface area contributed by atoms with Gasteiger partial charge in [0.05, 0.1) is 7.11 Å². The van der Waals surface area contributed by atoms with Gasteiger partial charge < -0.3 is 20.7 Å². The van der Waals surface area contributed by atoms with Gasteiger partial charge in [0.25, 0.3) is 0 Å². The van der Waals surface area contributed by atoms with Crippen LogP contribution in [0.25, 0.3) is 0 Å². The Kier molecular flexibility index (Phi) is 8.80. The van der Waals surface area contributed by atoms with Crippen molar-refractivity contribution in [3.05, 3.63) is 58.6 Å². The quantitative estimate of drug-likeness (QED) is 0.451. The van der Waals surface area contributed by atoms with Crippen molar-refractivity contribution >= 4 is 29.2 Å².